The molecule has 2 fully saturated rings. The maximum absolute atomic E-state index is 12.6. The molecule has 2 saturated heterocycles. The molecule has 3 nitrogen and oxygen atoms in total. The molecule has 0 radical (unpaired) electrons. The molecule has 1 amide bonds. The van der Waals surface area contributed by atoms with Crippen molar-refractivity contribution < 1.29 is 4.79 Å². The number of hydrogen-bond acceptors (Lipinski definition) is 2. The number of likely N-dealkylation sites (tertiary alicyclic amines) is 1. The number of nitrogens with one attached hydrogen (secondary N) is 1. The molecule has 0 spiro atoms. The molecule has 1 N–H and O–H groups in total. The molecule has 2 unspecified atom stereocenters. The van der Waals surface area contributed by atoms with Crippen molar-refractivity contribution in [3.8, 4) is 0 Å². The van der Waals surface area contributed by atoms with Gasteiger partial charge in [-0.05, 0) is 43.4 Å². The maximum atomic E-state index is 12.6. The second kappa shape index (κ2) is 7.28. The fourth-order valence-electron chi connectivity index (χ4n) is 3.41. The van der Waals surface area contributed by atoms with Crippen molar-refractivity contribution >= 4 is 18.3 Å². The first-order chi connectivity index (χ1) is 9.76. The number of halogens is 1. The van der Waals surface area contributed by atoms with Crippen LogP contribution in [0.25, 0.3) is 0 Å². The second-order valence-electron chi connectivity index (χ2n) is 6.12. The van der Waals surface area contributed by atoms with Gasteiger partial charge in [-0.25, -0.2) is 0 Å². The highest BCUT2D eigenvalue weighted by atomic mass is 35.5. The van der Waals surface area contributed by atoms with Crippen LogP contribution in [-0.2, 0) is 6.42 Å². The number of amides is 1. The van der Waals surface area contributed by atoms with E-state index in [1.165, 1.54) is 18.4 Å². The summed E-state index contributed by atoms with van der Waals surface area (Å²) in [4.78, 5) is 14.6. The van der Waals surface area contributed by atoms with Crippen LogP contribution in [0.4, 0.5) is 0 Å². The number of benzene rings is 1. The van der Waals surface area contributed by atoms with E-state index >= 15 is 0 Å². The van der Waals surface area contributed by atoms with Crippen LogP contribution in [0.1, 0.15) is 48.5 Å². The van der Waals surface area contributed by atoms with E-state index in [9.17, 15) is 4.79 Å². The van der Waals surface area contributed by atoms with Crippen LogP contribution in [0.5, 0.6) is 0 Å². The van der Waals surface area contributed by atoms with E-state index in [0.717, 1.165) is 37.9 Å². The third-order valence-electron chi connectivity index (χ3n) is 4.55. The molecule has 4 heteroatoms. The van der Waals surface area contributed by atoms with Crippen molar-refractivity contribution in [2.24, 2.45) is 0 Å². The van der Waals surface area contributed by atoms with E-state index in [1.807, 2.05) is 17.0 Å². The van der Waals surface area contributed by atoms with Crippen LogP contribution in [-0.4, -0.2) is 36.0 Å². The average Bonchev–Trinajstić information content (AvgIpc) is 2.79. The highest BCUT2D eigenvalue weighted by Crippen LogP contribution is 2.21. The van der Waals surface area contributed by atoms with E-state index in [0.29, 0.717) is 12.1 Å². The normalized spacial score (nSPS) is 24.3. The minimum absolute atomic E-state index is 0. The molecule has 116 valence electrons. The molecular weight excluding hydrogens is 284 g/mol. The highest BCUT2D eigenvalue weighted by molar-refractivity contribution is 5.94. The Balaban J connectivity index is 0.00000161. The van der Waals surface area contributed by atoms with E-state index in [2.05, 4.69) is 24.4 Å². The molecule has 2 atom stereocenters. The number of rotatable bonds is 3. The lowest BCUT2D eigenvalue weighted by molar-refractivity contribution is 0.0748. The molecule has 0 saturated carbocycles. The Morgan fingerprint density at radius 2 is 1.90 bits per heavy atom. The number of aryl methyl sites for hydroxylation is 1. The van der Waals surface area contributed by atoms with E-state index in [1.54, 1.807) is 0 Å². The average molecular weight is 309 g/mol. The van der Waals surface area contributed by atoms with Crippen LogP contribution < -0.4 is 5.32 Å². The van der Waals surface area contributed by atoms with Crippen molar-refractivity contribution in [2.75, 3.05) is 13.1 Å². The van der Waals surface area contributed by atoms with E-state index in [4.69, 9.17) is 0 Å². The Labute approximate surface area is 133 Å². The number of fused-ring (bicyclic) bond motifs is 2. The van der Waals surface area contributed by atoms with Crippen molar-refractivity contribution in [1.29, 1.82) is 0 Å². The van der Waals surface area contributed by atoms with E-state index in [-0.39, 0.29) is 18.3 Å². The maximum Gasteiger partial charge on any atom is 0.253 e. The number of hydrogen-bond donors (Lipinski definition) is 1. The predicted molar refractivity (Wildman–Crippen MR) is 88.2 cm³/mol. The summed E-state index contributed by atoms with van der Waals surface area (Å²) in [6, 6.07) is 9.31. The third-order valence-corrected chi connectivity index (χ3v) is 4.55. The second-order valence-corrected chi connectivity index (χ2v) is 6.12. The summed E-state index contributed by atoms with van der Waals surface area (Å²) >= 11 is 0. The Morgan fingerprint density at radius 1 is 1.19 bits per heavy atom. The fourth-order valence-corrected chi connectivity index (χ4v) is 3.41. The van der Waals surface area contributed by atoms with Crippen LogP contribution in [0.15, 0.2) is 24.3 Å². The van der Waals surface area contributed by atoms with Gasteiger partial charge in [-0.3, -0.25) is 4.79 Å². The smallest absolute Gasteiger partial charge is 0.253 e. The Kier molecular flexibility index (Phi) is 5.65. The van der Waals surface area contributed by atoms with Gasteiger partial charge in [-0.1, -0.05) is 25.5 Å². The molecule has 2 bridgehead atoms. The monoisotopic (exact) mass is 308 g/mol. The summed E-state index contributed by atoms with van der Waals surface area (Å²) in [7, 11) is 0. The van der Waals surface area contributed by atoms with Gasteiger partial charge >= 0.3 is 0 Å². The summed E-state index contributed by atoms with van der Waals surface area (Å²) in [6.45, 7) is 3.94. The first kappa shape index (κ1) is 16.3. The van der Waals surface area contributed by atoms with Crippen molar-refractivity contribution in [1.82, 2.24) is 10.2 Å². The zero-order chi connectivity index (χ0) is 13.9. The van der Waals surface area contributed by atoms with Gasteiger partial charge in [-0.2, -0.15) is 0 Å². The molecule has 1 aromatic carbocycles. The first-order valence-corrected chi connectivity index (χ1v) is 7.90. The van der Waals surface area contributed by atoms with Gasteiger partial charge in [0.2, 0.25) is 0 Å². The minimum atomic E-state index is 0. The first-order valence-electron chi connectivity index (χ1n) is 7.90. The number of carbonyl (C=O) groups is 1. The van der Waals surface area contributed by atoms with Gasteiger partial charge < -0.3 is 10.2 Å². The van der Waals surface area contributed by atoms with Gasteiger partial charge in [0.1, 0.15) is 0 Å². The Morgan fingerprint density at radius 3 is 2.62 bits per heavy atom. The van der Waals surface area contributed by atoms with Gasteiger partial charge in [0.15, 0.2) is 0 Å². The molecule has 2 aliphatic heterocycles. The van der Waals surface area contributed by atoms with Gasteiger partial charge in [0.05, 0.1) is 0 Å². The molecule has 3 rings (SSSR count). The fraction of sp³-hybridized carbons (Fsp3) is 0.588. The summed E-state index contributed by atoms with van der Waals surface area (Å²) < 4.78 is 0. The predicted octanol–water partition coefficient (Wildman–Crippen LogP) is 3.03. The molecule has 0 aliphatic carbocycles. The lowest BCUT2D eigenvalue weighted by Crippen LogP contribution is -2.39. The molecule has 21 heavy (non-hydrogen) atoms. The van der Waals surface area contributed by atoms with E-state index < -0.39 is 0 Å². The molecular formula is C17H25ClN2O. The number of carbonyl (C=O) groups excluding carboxylic acids is 1. The quantitative estimate of drug-likeness (QED) is 0.931. The molecule has 2 aliphatic rings. The van der Waals surface area contributed by atoms with Crippen LogP contribution >= 0.6 is 12.4 Å². The Bertz CT molecular complexity index is 474. The summed E-state index contributed by atoms with van der Waals surface area (Å²) in [6.07, 6.45) is 5.82. The Hall–Kier alpha value is -1.06. The molecule has 1 aromatic rings. The zero-order valence-corrected chi connectivity index (χ0v) is 13.5. The summed E-state index contributed by atoms with van der Waals surface area (Å²) in [5, 5.41) is 3.62. The van der Waals surface area contributed by atoms with Crippen LogP contribution in [0.3, 0.4) is 0 Å². The standard InChI is InChI=1S/C17H24N2O.ClH/c1-2-3-13-4-6-14(7-5-13)17(20)19-11-10-15-8-9-16(12-19)18-15;/h4-7,15-16,18H,2-3,8-12H2,1H3;1H. The summed E-state index contributed by atoms with van der Waals surface area (Å²) in [5.74, 6) is 0.197. The largest absolute Gasteiger partial charge is 0.337 e. The molecule has 0 aromatic heterocycles. The lowest BCUT2D eigenvalue weighted by atomic mass is 10.1. The highest BCUT2D eigenvalue weighted by Gasteiger charge is 2.31. The van der Waals surface area contributed by atoms with Crippen molar-refractivity contribution in [2.45, 2.75) is 51.1 Å². The number of nitrogens with zero attached hydrogens (tertiary/aromatic N) is 1. The summed E-state index contributed by atoms with van der Waals surface area (Å²) in [5.41, 5.74) is 2.16. The lowest BCUT2D eigenvalue weighted by Gasteiger charge is -2.24. The molecule has 2 heterocycles. The van der Waals surface area contributed by atoms with Crippen molar-refractivity contribution in [3.63, 3.8) is 0 Å². The topological polar surface area (TPSA) is 32.3 Å². The SMILES string of the molecule is CCCc1ccc(C(=O)N2CCC3CCC(C2)N3)cc1.Cl. The van der Waals surface area contributed by atoms with Gasteiger partial charge in [0.25, 0.3) is 5.91 Å². The van der Waals surface area contributed by atoms with Crippen molar-refractivity contribution in [3.05, 3.63) is 35.4 Å². The zero-order valence-electron chi connectivity index (χ0n) is 12.7. The van der Waals surface area contributed by atoms with Crippen LogP contribution in [0.2, 0.25) is 0 Å². The third kappa shape index (κ3) is 3.78. The van der Waals surface area contributed by atoms with Gasteiger partial charge in [-0.15, -0.1) is 12.4 Å². The van der Waals surface area contributed by atoms with Crippen LogP contribution in [0, 0.1) is 0 Å². The minimum Gasteiger partial charge on any atom is -0.337 e. The van der Waals surface area contributed by atoms with Gasteiger partial charge in [0, 0.05) is 30.7 Å².